The molecule has 9 heteroatoms. The maximum Gasteiger partial charge on any atom is 0.348 e. The summed E-state index contributed by atoms with van der Waals surface area (Å²) in [5, 5.41) is 0. The third-order valence-electron chi connectivity index (χ3n) is 3.12. The first-order valence-corrected chi connectivity index (χ1v) is 8.77. The van der Waals surface area contributed by atoms with Gasteiger partial charge in [-0.25, -0.2) is 13.2 Å². The Labute approximate surface area is 135 Å². The van der Waals surface area contributed by atoms with Crippen LogP contribution in [0.15, 0.2) is 10.3 Å². The molecule has 0 aromatic carbocycles. The highest BCUT2D eigenvalue weighted by molar-refractivity contribution is 7.91. The molecule has 0 radical (unpaired) electrons. The van der Waals surface area contributed by atoms with Gasteiger partial charge in [0.15, 0.2) is 9.96 Å². The fraction of sp³-hybridized carbons (Fsp3) is 0.615. The predicted molar refractivity (Wildman–Crippen MR) is 84.9 cm³/mol. The van der Waals surface area contributed by atoms with Crippen LogP contribution in [-0.2, 0) is 14.8 Å². The molecule has 126 valence electrons. The average molecular weight is 350 g/mol. The van der Waals surface area contributed by atoms with Crippen molar-refractivity contribution in [1.82, 2.24) is 4.31 Å². The number of rotatable bonds is 7. The van der Waals surface area contributed by atoms with Gasteiger partial charge in [0.2, 0.25) is 0 Å². The molecule has 7 nitrogen and oxygen atoms in total. The number of carbonyl (C=O) groups is 1. The van der Waals surface area contributed by atoms with Gasteiger partial charge in [0.1, 0.15) is 4.88 Å². The Morgan fingerprint density at radius 1 is 1.41 bits per heavy atom. The van der Waals surface area contributed by atoms with Gasteiger partial charge in [-0.2, -0.15) is 4.31 Å². The first-order valence-electron chi connectivity index (χ1n) is 6.51. The smallest absolute Gasteiger partial charge is 0.348 e. The van der Waals surface area contributed by atoms with Crippen LogP contribution in [0.3, 0.4) is 0 Å². The Balaban J connectivity index is 3.22. The SMILES string of the molecule is COC(=O)c1cc(OC)c(S(=O)(=O)N(C)CC(C)(C)CN)s1. The Bertz CT molecular complexity index is 637. The van der Waals surface area contributed by atoms with E-state index in [0.29, 0.717) is 6.54 Å². The summed E-state index contributed by atoms with van der Waals surface area (Å²) in [6, 6.07) is 1.37. The van der Waals surface area contributed by atoms with Crippen LogP contribution < -0.4 is 10.5 Å². The lowest BCUT2D eigenvalue weighted by atomic mass is 9.94. The molecule has 0 atom stereocenters. The Morgan fingerprint density at radius 3 is 2.45 bits per heavy atom. The normalized spacial score (nSPS) is 12.5. The van der Waals surface area contributed by atoms with E-state index in [0.717, 1.165) is 11.3 Å². The molecule has 1 aromatic rings. The third-order valence-corrected chi connectivity index (χ3v) is 6.51. The summed E-state index contributed by atoms with van der Waals surface area (Å²) in [6.07, 6.45) is 0. The Hall–Kier alpha value is -1.16. The summed E-state index contributed by atoms with van der Waals surface area (Å²) in [5.41, 5.74) is 5.29. The summed E-state index contributed by atoms with van der Waals surface area (Å²) >= 11 is 0.825. The number of carbonyl (C=O) groups excluding carboxylic acids is 1. The fourth-order valence-corrected chi connectivity index (χ4v) is 4.82. The lowest BCUT2D eigenvalue weighted by Crippen LogP contribution is -2.39. The van der Waals surface area contributed by atoms with Crippen LogP contribution in [0.2, 0.25) is 0 Å². The van der Waals surface area contributed by atoms with E-state index in [-0.39, 0.29) is 26.8 Å². The van der Waals surface area contributed by atoms with E-state index in [1.165, 1.54) is 31.6 Å². The van der Waals surface area contributed by atoms with E-state index in [2.05, 4.69) is 4.74 Å². The Kier molecular flexibility index (Phi) is 5.96. The molecule has 0 unspecified atom stereocenters. The van der Waals surface area contributed by atoms with E-state index in [4.69, 9.17) is 10.5 Å². The minimum Gasteiger partial charge on any atom is -0.494 e. The van der Waals surface area contributed by atoms with Gasteiger partial charge in [0, 0.05) is 19.7 Å². The van der Waals surface area contributed by atoms with E-state index in [1.807, 2.05) is 13.8 Å². The molecule has 2 N–H and O–H groups in total. The largest absolute Gasteiger partial charge is 0.494 e. The number of esters is 1. The minimum atomic E-state index is -3.78. The quantitative estimate of drug-likeness (QED) is 0.741. The van der Waals surface area contributed by atoms with Gasteiger partial charge in [-0.3, -0.25) is 0 Å². The van der Waals surface area contributed by atoms with Crippen LogP contribution in [0.4, 0.5) is 0 Å². The molecule has 0 aliphatic carbocycles. The maximum absolute atomic E-state index is 12.7. The molecule has 1 heterocycles. The van der Waals surface area contributed by atoms with Crippen molar-refractivity contribution in [3.8, 4) is 5.75 Å². The number of methoxy groups -OCH3 is 2. The molecule has 0 amide bonds. The number of sulfonamides is 1. The number of nitrogens with two attached hydrogens (primary N) is 1. The van der Waals surface area contributed by atoms with E-state index < -0.39 is 16.0 Å². The van der Waals surface area contributed by atoms with Crippen LogP contribution >= 0.6 is 11.3 Å². The number of hydrogen-bond donors (Lipinski definition) is 1. The van der Waals surface area contributed by atoms with E-state index >= 15 is 0 Å². The van der Waals surface area contributed by atoms with Gasteiger partial charge in [0.05, 0.1) is 14.2 Å². The van der Waals surface area contributed by atoms with Gasteiger partial charge >= 0.3 is 5.97 Å². The highest BCUT2D eigenvalue weighted by atomic mass is 32.2. The van der Waals surface area contributed by atoms with Crippen molar-refractivity contribution in [3.05, 3.63) is 10.9 Å². The van der Waals surface area contributed by atoms with Gasteiger partial charge in [-0.1, -0.05) is 13.8 Å². The van der Waals surface area contributed by atoms with Crippen molar-refractivity contribution in [2.75, 3.05) is 34.4 Å². The Morgan fingerprint density at radius 2 is 2.00 bits per heavy atom. The first kappa shape index (κ1) is 18.9. The summed E-state index contributed by atoms with van der Waals surface area (Å²) in [7, 11) is 0.281. The molecule has 1 aromatic heterocycles. The van der Waals surface area contributed by atoms with E-state index in [1.54, 1.807) is 0 Å². The second kappa shape index (κ2) is 6.95. The van der Waals surface area contributed by atoms with Crippen LogP contribution in [0.1, 0.15) is 23.5 Å². The maximum atomic E-state index is 12.7. The highest BCUT2D eigenvalue weighted by Crippen LogP contribution is 2.36. The second-order valence-electron chi connectivity index (χ2n) is 5.59. The average Bonchev–Trinajstić information content (AvgIpc) is 2.90. The molecular weight excluding hydrogens is 328 g/mol. The molecule has 22 heavy (non-hydrogen) atoms. The van der Waals surface area contributed by atoms with Gasteiger partial charge in [-0.15, -0.1) is 11.3 Å². The number of ether oxygens (including phenoxy) is 2. The van der Waals surface area contributed by atoms with Crippen LogP contribution in [0.25, 0.3) is 0 Å². The standard InChI is InChI=1S/C13H22N2O5S2/c1-13(2,7-14)8-15(3)22(17,18)12-9(19-4)6-10(21-12)11(16)20-5/h6H,7-8,14H2,1-5H3. The van der Waals surface area contributed by atoms with Crippen LogP contribution in [0, 0.1) is 5.41 Å². The molecule has 0 saturated carbocycles. The highest BCUT2D eigenvalue weighted by Gasteiger charge is 2.32. The monoisotopic (exact) mass is 350 g/mol. The minimum absolute atomic E-state index is 0.0225. The zero-order valence-corrected chi connectivity index (χ0v) is 15.0. The van der Waals surface area contributed by atoms with Gasteiger partial charge in [0.25, 0.3) is 10.0 Å². The molecule has 1 rings (SSSR count). The van der Waals surface area contributed by atoms with Gasteiger partial charge in [-0.05, 0) is 12.0 Å². The van der Waals surface area contributed by atoms with Gasteiger partial charge < -0.3 is 15.2 Å². The van der Waals surface area contributed by atoms with Crippen molar-refractivity contribution in [2.45, 2.75) is 18.1 Å². The van der Waals surface area contributed by atoms with Crippen molar-refractivity contribution in [2.24, 2.45) is 11.1 Å². The molecule has 0 fully saturated rings. The summed E-state index contributed by atoms with van der Waals surface area (Å²) in [6.45, 7) is 4.36. The van der Waals surface area contributed by atoms with Crippen LogP contribution in [0.5, 0.6) is 5.75 Å². The second-order valence-corrected chi connectivity index (χ2v) is 8.88. The summed E-state index contributed by atoms with van der Waals surface area (Å²) < 4.78 is 36.3. The molecule has 0 aliphatic heterocycles. The lowest BCUT2D eigenvalue weighted by Gasteiger charge is -2.28. The van der Waals surface area contributed by atoms with E-state index in [9.17, 15) is 13.2 Å². The number of thiophene rings is 1. The zero-order chi connectivity index (χ0) is 17.1. The molecule has 0 saturated heterocycles. The van der Waals surface area contributed by atoms with Crippen molar-refractivity contribution in [3.63, 3.8) is 0 Å². The van der Waals surface area contributed by atoms with Crippen LogP contribution in [-0.4, -0.2) is 53.0 Å². The van der Waals surface area contributed by atoms with Crippen molar-refractivity contribution in [1.29, 1.82) is 0 Å². The molecule has 0 aliphatic rings. The summed E-state index contributed by atoms with van der Waals surface area (Å²) in [4.78, 5) is 11.7. The predicted octanol–water partition coefficient (Wildman–Crippen LogP) is 1.15. The lowest BCUT2D eigenvalue weighted by molar-refractivity contribution is 0.0606. The fourth-order valence-electron chi connectivity index (χ4n) is 1.77. The molecule has 0 bridgehead atoms. The topological polar surface area (TPSA) is 98.9 Å². The zero-order valence-electron chi connectivity index (χ0n) is 13.4. The first-order chi connectivity index (χ1) is 10.1. The summed E-state index contributed by atoms with van der Waals surface area (Å²) in [5.74, 6) is -0.475. The molecule has 0 spiro atoms. The number of nitrogens with zero attached hydrogens (tertiary/aromatic N) is 1. The van der Waals surface area contributed by atoms with Crippen molar-refractivity contribution < 1.29 is 22.7 Å². The number of hydrogen-bond acceptors (Lipinski definition) is 7. The van der Waals surface area contributed by atoms with Crippen molar-refractivity contribution >= 4 is 27.3 Å². The molecular formula is C13H22N2O5S2. The third kappa shape index (κ3) is 3.97.